The van der Waals surface area contributed by atoms with Crippen LogP contribution in [0.25, 0.3) is 10.9 Å². The van der Waals surface area contributed by atoms with Crippen molar-refractivity contribution in [2.75, 3.05) is 18.4 Å². The fourth-order valence-corrected chi connectivity index (χ4v) is 3.75. The second-order valence-corrected chi connectivity index (χ2v) is 7.14. The SMILES string of the molecule is CC(=O)N1CCC(n2ccc3cc(Nc4cnn(C)c(=O)c4C)ccc32)C1. The molecule has 0 bridgehead atoms. The first kappa shape index (κ1) is 17.3. The number of aromatic nitrogens is 3. The van der Waals surface area contributed by atoms with E-state index >= 15 is 0 Å². The van der Waals surface area contributed by atoms with Crippen LogP contribution in [-0.4, -0.2) is 38.2 Å². The van der Waals surface area contributed by atoms with Crippen LogP contribution in [0.4, 0.5) is 11.4 Å². The van der Waals surface area contributed by atoms with E-state index in [1.165, 1.54) is 4.68 Å². The number of amides is 1. The van der Waals surface area contributed by atoms with Gasteiger partial charge in [-0.15, -0.1) is 0 Å². The van der Waals surface area contributed by atoms with E-state index in [0.717, 1.165) is 36.1 Å². The van der Waals surface area contributed by atoms with Crippen LogP contribution in [0.2, 0.25) is 0 Å². The van der Waals surface area contributed by atoms with E-state index in [0.29, 0.717) is 17.3 Å². The number of likely N-dealkylation sites (tertiary alicyclic amines) is 1. The maximum Gasteiger partial charge on any atom is 0.271 e. The summed E-state index contributed by atoms with van der Waals surface area (Å²) in [5.74, 6) is 0.137. The van der Waals surface area contributed by atoms with E-state index in [9.17, 15) is 9.59 Å². The second-order valence-electron chi connectivity index (χ2n) is 7.14. The summed E-state index contributed by atoms with van der Waals surface area (Å²) in [6.45, 7) is 5.00. The van der Waals surface area contributed by atoms with Crippen molar-refractivity contribution in [3.05, 3.63) is 52.6 Å². The Morgan fingerprint density at radius 2 is 2.11 bits per heavy atom. The number of aryl methyl sites for hydroxylation is 1. The Balaban J connectivity index is 1.61. The molecule has 27 heavy (non-hydrogen) atoms. The summed E-state index contributed by atoms with van der Waals surface area (Å²) < 4.78 is 3.59. The zero-order chi connectivity index (χ0) is 19.1. The molecule has 1 saturated heterocycles. The van der Waals surface area contributed by atoms with Crippen molar-refractivity contribution in [1.82, 2.24) is 19.2 Å². The van der Waals surface area contributed by atoms with Crippen LogP contribution < -0.4 is 10.9 Å². The molecular formula is C20H23N5O2. The maximum atomic E-state index is 12.0. The molecule has 0 radical (unpaired) electrons. The quantitative estimate of drug-likeness (QED) is 0.774. The predicted molar refractivity (Wildman–Crippen MR) is 105 cm³/mol. The van der Waals surface area contributed by atoms with Crippen LogP contribution in [0.1, 0.15) is 24.9 Å². The van der Waals surface area contributed by atoms with Gasteiger partial charge in [0.15, 0.2) is 0 Å². The summed E-state index contributed by atoms with van der Waals surface area (Å²) in [6.07, 6.45) is 4.73. The number of hydrogen-bond donors (Lipinski definition) is 1. The molecule has 2 aromatic heterocycles. The van der Waals surface area contributed by atoms with E-state index in [4.69, 9.17) is 0 Å². The molecule has 140 valence electrons. The predicted octanol–water partition coefficient (Wildman–Crippen LogP) is 2.58. The van der Waals surface area contributed by atoms with Gasteiger partial charge in [0, 0.05) is 55.4 Å². The molecule has 7 heteroatoms. The Hall–Kier alpha value is -3.09. The number of benzene rings is 1. The van der Waals surface area contributed by atoms with Gasteiger partial charge in [0.2, 0.25) is 5.91 Å². The first-order valence-corrected chi connectivity index (χ1v) is 9.10. The number of nitrogens with zero attached hydrogens (tertiary/aromatic N) is 4. The van der Waals surface area contributed by atoms with Crippen LogP contribution in [0.5, 0.6) is 0 Å². The van der Waals surface area contributed by atoms with Gasteiger partial charge in [-0.05, 0) is 37.6 Å². The second kappa shape index (κ2) is 6.57. The molecule has 4 rings (SSSR count). The van der Waals surface area contributed by atoms with Gasteiger partial charge in [-0.2, -0.15) is 5.10 Å². The van der Waals surface area contributed by atoms with Crippen LogP contribution in [0, 0.1) is 6.92 Å². The van der Waals surface area contributed by atoms with Crippen molar-refractivity contribution < 1.29 is 4.79 Å². The average molecular weight is 365 g/mol. The lowest BCUT2D eigenvalue weighted by molar-refractivity contribution is -0.127. The maximum absolute atomic E-state index is 12.0. The van der Waals surface area contributed by atoms with E-state index < -0.39 is 0 Å². The molecule has 0 spiro atoms. The molecular weight excluding hydrogens is 342 g/mol. The fourth-order valence-electron chi connectivity index (χ4n) is 3.75. The number of carbonyl (C=O) groups excluding carboxylic acids is 1. The molecule has 3 heterocycles. The van der Waals surface area contributed by atoms with Gasteiger partial charge >= 0.3 is 0 Å². The molecule has 1 aromatic carbocycles. The molecule has 0 aliphatic carbocycles. The van der Waals surface area contributed by atoms with E-state index in [1.54, 1.807) is 27.1 Å². The van der Waals surface area contributed by atoms with Crippen molar-refractivity contribution in [3.8, 4) is 0 Å². The van der Waals surface area contributed by atoms with Gasteiger partial charge in [-0.25, -0.2) is 4.68 Å². The smallest absolute Gasteiger partial charge is 0.271 e. The van der Waals surface area contributed by atoms with Crippen molar-refractivity contribution >= 4 is 28.2 Å². The minimum atomic E-state index is -0.108. The molecule has 1 atom stereocenters. The lowest BCUT2D eigenvalue weighted by Gasteiger charge is -2.16. The molecule has 1 fully saturated rings. The minimum absolute atomic E-state index is 0.108. The summed E-state index contributed by atoms with van der Waals surface area (Å²) in [5, 5.41) is 8.50. The van der Waals surface area contributed by atoms with Crippen LogP contribution in [0.15, 0.2) is 41.5 Å². The van der Waals surface area contributed by atoms with Crippen molar-refractivity contribution in [2.24, 2.45) is 7.05 Å². The highest BCUT2D eigenvalue weighted by molar-refractivity contribution is 5.85. The normalized spacial score (nSPS) is 16.9. The van der Waals surface area contributed by atoms with Crippen molar-refractivity contribution in [1.29, 1.82) is 0 Å². The highest BCUT2D eigenvalue weighted by atomic mass is 16.2. The fraction of sp³-hybridized carbons (Fsp3) is 0.350. The monoisotopic (exact) mass is 365 g/mol. The standard InChI is InChI=1S/C20H23N5O2/c1-13-18(11-21-23(3)20(13)27)22-16-4-5-19-15(10-16)6-9-25(19)17-7-8-24(12-17)14(2)26/h4-6,9-11,17,22H,7-8,12H2,1-3H3. The lowest BCUT2D eigenvalue weighted by atomic mass is 10.2. The Bertz CT molecular complexity index is 1080. The summed E-state index contributed by atoms with van der Waals surface area (Å²) >= 11 is 0. The Morgan fingerprint density at radius 1 is 1.30 bits per heavy atom. The minimum Gasteiger partial charge on any atom is -0.354 e. The van der Waals surface area contributed by atoms with E-state index in [1.807, 2.05) is 11.0 Å². The van der Waals surface area contributed by atoms with Crippen LogP contribution in [-0.2, 0) is 11.8 Å². The zero-order valence-electron chi connectivity index (χ0n) is 15.8. The molecule has 1 amide bonds. The van der Waals surface area contributed by atoms with Crippen molar-refractivity contribution in [3.63, 3.8) is 0 Å². The molecule has 1 aliphatic heterocycles. The number of hydrogen-bond acceptors (Lipinski definition) is 4. The zero-order valence-corrected chi connectivity index (χ0v) is 15.8. The molecule has 0 saturated carbocycles. The third kappa shape index (κ3) is 3.09. The highest BCUT2D eigenvalue weighted by Gasteiger charge is 2.25. The highest BCUT2D eigenvalue weighted by Crippen LogP contribution is 2.29. The van der Waals surface area contributed by atoms with Gasteiger partial charge in [0.25, 0.3) is 5.56 Å². The lowest BCUT2D eigenvalue weighted by Crippen LogP contribution is -2.26. The number of fused-ring (bicyclic) bond motifs is 1. The average Bonchev–Trinajstić information content (AvgIpc) is 3.28. The summed E-state index contributed by atoms with van der Waals surface area (Å²) in [7, 11) is 1.64. The Morgan fingerprint density at radius 3 is 2.85 bits per heavy atom. The summed E-state index contributed by atoms with van der Waals surface area (Å²) in [6, 6.07) is 8.56. The van der Waals surface area contributed by atoms with Gasteiger partial charge in [-0.3, -0.25) is 9.59 Å². The third-order valence-corrected chi connectivity index (χ3v) is 5.38. The van der Waals surface area contributed by atoms with Crippen LogP contribution >= 0.6 is 0 Å². The van der Waals surface area contributed by atoms with Gasteiger partial charge < -0.3 is 14.8 Å². The van der Waals surface area contributed by atoms with E-state index in [-0.39, 0.29) is 11.5 Å². The molecule has 3 aromatic rings. The van der Waals surface area contributed by atoms with Gasteiger partial charge in [0.1, 0.15) is 0 Å². The van der Waals surface area contributed by atoms with Gasteiger partial charge in [-0.1, -0.05) is 0 Å². The first-order chi connectivity index (χ1) is 12.9. The number of carbonyl (C=O) groups is 1. The Kier molecular flexibility index (Phi) is 4.22. The van der Waals surface area contributed by atoms with Crippen LogP contribution in [0.3, 0.4) is 0 Å². The number of nitrogens with one attached hydrogen (secondary N) is 1. The summed E-state index contributed by atoms with van der Waals surface area (Å²) in [4.78, 5) is 25.5. The topological polar surface area (TPSA) is 72.2 Å². The van der Waals surface area contributed by atoms with Gasteiger partial charge in [0.05, 0.1) is 17.9 Å². The first-order valence-electron chi connectivity index (χ1n) is 9.10. The van der Waals surface area contributed by atoms with E-state index in [2.05, 4.69) is 39.4 Å². The number of rotatable bonds is 3. The number of anilines is 2. The van der Waals surface area contributed by atoms with Crippen molar-refractivity contribution in [2.45, 2.75) is 26.3 Å². The summed E-state index contributed by atoms with van der Waals surface area (Å²) in [5.41, 5.74) is 3.30. The molecule has 1 N–H and O–H groups in total. The molecule has 1 unspecified atom stereocenters. The Labute approximate surface area is 157 Å². The molecule has 1 aliphatic rings. The molecule has 7 nitrogen and oxygen atoms in total. The third-order valence-electron chi connectivity index (χ3n) is 5.38. The largest absolute Gasteiger partial charge is 0.354 e.